The van der Waals surface area contributed by atoms with E-state index in [2.05, 4.69) is 34.5 Å². The molecule has 2 spiro atoms. The number of hydrogen-bond acceptors (Lipinski definition) is 5. The first kappa shape index (κ1) is 24.0. The first-order valence-electron chi connectivity index (χ1n) is 15.1. The number of rotatable bonds is 5. The largest absolute Gasteiger partial charge is 0.504 e. The van der Waals surface area contributed by atoms with Crippen molar-refractivity contribution < 1.29 is 19.7 Å². The maximum absolute atomic E-state index is 13.7. The van der Waals surface area contributed by atoms with Crippen LogP contribution in [-0.2, 0) is 11.8 Å². The van der Waals surface area contributed by atoms with Crippen molar-refractivity contribution in [2.75, 3.05) is 13.1 Å². The third-order valence-electron chi connectivity index (χ3n) is 11.3. The van der Waals surface area contributed by atoms with Crippen molar-refractivity contribution in [3.8, 4) is 22.6 Å². The molecule has 0 aromatic heterocycles. The van der Waals surface area contributed by atoms with Crippen LogP contribution in [0.5, 0.6) is 11.5 Å². The average molecular weight is 547 g/mol. The molecule has 2 aliphatic heterocycles. The minimum absolute atomic E-state index is 0.142. The minimum atomic E-state index is -1.38. The second-order valence-corrected chi connectivity index (χ2v) is 13.3. The molecule has 5 aliphatic carbocycles. The highest BCUT2D eigenvalue weighted by atomic mass is 16.5. The van der Waals surface area contributed by atoms with E-state index in [4.69, 9.17) is 4.74 Å². The quantitative estimate of drug-likeness (QED) is 0.408. The molecule has 41 heavy (non-hydrogen) atoms. The Balaban J connectivity index is 1.10. The Morgan fingerprint density at radius 2 is 1.78 bits per heavy atom. The lowest BCUT2D eigenvalue weighted by molar-refractivity contribution is -0.191. The van der Waals surface area contributed by atoms with E-state index in [-0.39, 0.29) is 23.1 Å². The zero-order chi connectivity index (χ0) is 27.6. The summed E-state index contributed by atoms with van der Waals surface area (Å²) >= 11 is 0. The third kappa shape index (κ3) is 3.02. The van der Waals surface area contributed by atoms with Gasteiger partial charge in [-0.05, 0) is 79.5 Å². The van der Waals surface area contributed by atoms with Gasteiger partial charge in [0, 0.05) is 29.1 Å². The molecule has 4 bridgehead atoms. The maximum Gasteiger partial charge on any atom is 0.251 e. The van der Waals surface area contributed by atoms with Gasteiger partial charge >= 0.3 is 0 Å². The summed E-state index contributed by atoms with van der Waals surface area (Å²) in [6.07, 6.45) is 8.65. The normalized spacial score (nSPS) is 35.6. The van der Waals surface area contributed by atoms with Crippen molar-refractivity contribution in [2.45, 2.75) is 61.3 Å². The zero-order valence-electron chi connectivity index (χ0n) is 22.9. The SMILES string of the molecule is O=C(N[C@H]1C[C@@]23C=C[C@@]1(O)[C@@H]1Oc4c(O)ccc5c4[C@@]12CCN(CC1CC1)[C@@H]3C5)c1ccc(-c2ccccc2)cc1. The number of nitrogens with one attached hydrogen (secondary N) is 1. The van der Waals surface area contributed by atoms with Gasteiger partial charge in [0.15, 0.2) is 11.5 Å². The second kappa shape index (κ2) is 8.02. The summed E-state index contributed by atoms with van der Waals surface area (Å²) in [5, 5.41) is 26.6. The summed E-state index contributed by atoms with van der Waals surface area (Å²) in [7, 11) is 0. The number of phenolic OH excluding ortho intramolecular Hbond substituents is 1. The van der Waals surface area contributed by atoms with E-state index < -0.39 is 23.2 Å². The molecule has 0 unspecified atom stereocenters. The van der Waals surface area contributed by atoms with Crippen LogP contribution in [-0.4, -0.2) is 57.9 Å². The summed E-state index contributed by atoms with van der Waals surface area (Å²) < 4.78 is 6.63. The Morgan fingerprint density at radius 3 is 2.56 bits per heavy atom. The number of ether oxygens (including phenoxy) is 1. The van der Waals surface area contributed by atoms with Crippen LogP contribution in [0.3, 0.4) is 0 Å². The highest BCUT2D eigenvalue weighted by molar-refractivity contribution is 5.95. The molecule has 1 saturated heterocycles. The lowest BCUT2D eigenvalue weighted by atomic mass is 9.38. The predicted octanol–water partition coefficient (Wildman–Crippen LogP) is 4.59. The molecule has 7 aliphatic rings. The van der Waals surface area contributed by atoms with E-state index in [1.165, 1.54) is 18.4 Å². The molecule has 2 heterocycles. The fourth-order valence-electron chi connectivity index (χ4n) is 9.33. The number of nitrogens with zero attached hydrogens (tertiary/aromatic N) is 1. The fourth-order valence-corrected chi connectivity index (χ4v) is 9.33. The minimum Gasteiger partial charge on any atom is -0.504 e. The molecule has 208 valence electrons. The van der Waals surface area contributed by atoms with Crippen molar-refractivity contribution in [1.82, 2.24) is 10.2 Å². The molecule has 6 atom stereocenters. The Kier molecular flexibility index (Phi) is 4.70. The monoisotopic (exact) mass is 546 g/mol. The zero-order valence-corrected chi connectivity index (χ0v) is 22.9. The van der Waals surface area contributed by atoms with Crippen LogP contribution in [0.25, 0.3) is 11.1 Å². The number of aliphatic hydroxyl groups is 1. The number of carbonyl (C=O) groups is 1. The van der Waals surface area contributed by atoms with Crippen molar-refractivity contribution >= 4 is 5.91 Å². The number of aromatic hydroxyl groups is 1. The average Bonchev–Trinajstić information content (AvgIpc) is 3.73. The van der Waals surface area contributed by atoms with Gasteiger partial charge in [-0.2, -0.15) is 0 Å². The molecular formula is C35H34N2O4. The number of fused-ring (bicyclic) bond motifs is 1. The molecule has 1 amide bonds. The predicted molar refractivity (Wildman–Crippen MR) is 155 cm³/mol. The molecule has 3 N–H and O–H groups in total. The fraction of sp³-hybridized carbons (Fsp3) is 0.400. The van der Waals surface area contributed by atoms with Gasteiger partial charge in [-0.25, -0.2) is 0 Å². The van der Waals surface area contributed by atoms with Gasteiger partial charge in [-0.15, -0.1) is 0 Å². The van der Waals surface area contributed by atoms with Crippen LogP contribution in [0.1, 0.15) is 47.2 Å². The van der Waals surface area contributed by atoms with E-state index >= 15 is 0 Å². The van der Waals surface area contributed by atoms with E-state index in [0.717, 1.165) is 48.5 Å². The van der Waals surface area contributed by atoms with Crippen molar-refractivity contribution in [3.63, 3.8) is 0 Å². The lowest BCUT2D eigenvalue weighted by Gasteiger charge is -2.70. The van der Waals surface area contributed by atoms with Crippen LogP contribution in [0.2, 0.25) is 0 Å². The van der Waals surface area contributed by atoms with Crippen LogP contribution in [0.4, 0.5) is 0 Å². The number of piperidine rings is 1. The standard InChI is InChI=1S/C35H34N2O4/c38-26-13-12-25-18-28-33-14-15-35(40,32-34(33,29(25)30(26)41-32)16-17-37(28)20-21-6-7-21)27(19-33)36-31(39)24-10-8-23(9-11-24)22-4-2-1-3-5-22/h1-5,8-15,21,27-28,32,38,40H,6-7,16-20H2,(H,36,39)/t27-,28+,32+,33+,34-,35-/m0/s1. The lowest BCUT2D eigenvalue weighted by Crippen LogP contribution is -2.81. The van der Waals surface area contributed by atoms with Crippen molar-refractivity contribution in [1.29, 1.82) is 0 Å². The van der Waals surface area contributed by atoms with Gasteiger partial charge in [-0.3, -0.25) is 9.69 Å². The van der Waals surface area contributed by atoms with E-state index in [0.29, 0.717) is 17.7 Å². The third-order valence-corrected chi connectivity index (χ3v) is 11.3. The van der Waals surface area contributed by atoms with Gasteiger partial charge in [-0.1, -0.05) is 60.7 Å². The number of amides is 1. The molecule has 6 nitrogen and oxygen atoms in total. The van der Waals surface area contributed by atoms with Gasteiger partial charge in [0.2, 0.25) is 0 Å². The number of hydrogen-bond donors (Lipinski definition) is 3. The van der Waals surface area contributed by atoms with E-state index in [9.17, 15) is 15.0 Å². The van der Waals surface area contributed by atoms with Gasteiger partial charge in [0.05, 0.1) is 11.5 Å². The maximum atomic E-state index is 13.7. The van der Waals surface area contributed by atoms with Crippen LogP contribution >= 0.6 is 0 Å². The van der Waals surface area contributed by atoms with E-state index in [1.807, 2.05) is 48.5 Å². The Bertz CT molecular complexity index is 1620. The topological polar surface area (TPSA) is 82.0 Å². The van der Waals surface area contributed by atoms with E-state index in [1.54, 1.807) is 6.07 Å². The van der Waals surface area contributed by atoms with Gasteiger partial charge in [0.25, 0.3) is 5.91 Å². The molecule has 2 saturated carbocycles. The summed E-state index contributed by atoms with van der Waals surface area (Å²) in [5.74, 6) is 1.26. The number of likely N-dealkylation sites (tertiary alicyclic amines) is 1. The Morgan fingerprint density at radius 1 is 1.00 bits per heavy atom. The molecule has 6 heteroatoms. The molecular weight excluding hydrogens is 512 g/mol. The van der Waals surface area contributed by atoms with Crippen molar-refractivity contribution in [3.05, 3.63) is 95.6 Å². The highest BCUT2D eigenvalue weighted by Crippen LogP contribution is 2.73. The van der Waals surface area contributed by atoms with Gasteiger partial charge in [0.1, 0.15) is 11.7 Å². The van der Waals surface area contributed by atoms with Crippen LogP contribution in [0.15, 0.2) is 78.9 Å². The summed E-state index contributed by atoms with van der Waals surface area (Å²) in [4.78, 5) is 16.4. The summed E-state index contributed by atoms with van der Waals surface area (Å²) in [5.41, 5.74) is 2.98. The van der Waals surface area contributed by atoms with Crippen LogP contribution in [0, 0.1) is 11.3 Å². The van der Waals surface area contributed by atoms with Crippen molar-refractivity contribution in [2.24, 2.45) is 11.3 Å². The Hall–Kier alpha value is -3.61. The first-order valence-corrected chi connectivity index (χ1v) is 15.1. The van der Waals surface area contributed by atoms with Crippen LogP contribution < -0.4 is 10.1 Å². The number of carbonyl (C=O) groups excluding carboxylic acids is 1. The molecule has 3 aromatic carbocycles. The molecule has 0 radical (unpaired) electrons. The molecule has 3 aromatic rings. The molecule has 10 rings (SSSR count). The van der Waals surface area contributed by atoms with Gasteiger partial charge < -0.3 is 20.3 Å². The first-order chi connectivity index (χ1) is 19.9. The summed E-state index contributed by atoms with van der Waals surface area (Å²) in [6, 6.07) is 21.4. The Labute approximate surface area is 239 Å². The second-order valence-electron chi connectivity index (χ2n) is 13.3. The highest BCUT2D eigenvalue weighted by Gasteiger charge is 2.79. The molecule has 3 fully saturated rings. The summed E-state index contributed by atoms with van der Waals surface area (Å²) in [6.45, 7) is 2.07. The number of benzene rings is 3. The number of phenols is 1. The smallest absolute Gasteiger partial charge is 0.251 e.